The van der Waals surface area contributed by atoms with Gasteiger partial charge in [-0.1, -0.05) is 6.07 Å². The van der Waals surface area contributed by atoms with Gasteiger partial charge in [0.15, 0.2) is 18.1 Å². The lowest BCUT2D eigenvalue weighted by Crippen LogP contribution is -2.43. The van der Waals surface area contributed by atoms with E-state index < -0.39 is 5.92 Å². The summed E-state index contributed by atoms with van der Waals surface area (Å²) in [5.41, 5.74) is 6.28. The third kappa shape index (κ3) is 6.69. The lowest BCUT2D eigenvalue weighted by molar-refractivity contribution is -0.137. The molecule has 2 aliphatic heterocycles. The van der Waals surface area contributed by atoms with Crippen molar-refractivity contribution in [2.75, 3.05) is 51.0 Å². The zero-order chi connectivity index (χ0) is 27.1. The van der Waals surface area contributed by atoms with Gasteiger partial charge in [-0.2, -0.15) is 5.10 Å². The lowest BCUT2D eigenvalue weighted by Gasteiger charge is -2.26. The lowest BCUT2D eigenvalue weighted by atomic mass is 10.1. The van der Waals surface area contributed by atoms with Crippen molar-refractivity contribution in [2.24, 2.45) is 11.0 Å². The average molecular weight is 523 g/mol. The van der Waals surface area contributed by atoms with Crippen LogP contribution >= 0.6 is 0 Å². The Morgan fingerprint density at radius 2 is 1.87 bits per heavy atom. The fraction of sp³-hybridized carbons (Fsp3) is 0.429. The van der Waals surface area contributed by atoms with Crippen molar-refractivity contribution in [2.45, 2.75) is 27.2 Å². The topological polar surface area (TPSA) is 110 Å². The van der Waals surface area contributed by atoms with E-state index in [9.17, 15) is 14.4 Å². The van der Waals surface area contributed by atoms with E-state index in [0.717, 1.165) is 16.8 Å². The van der Waals surface area contributed by atoms with Crippen LogP contribution in [0.25, 0.3) is 0 Å². The summed E-state index contributed by atoms with van der Waals surface area (Å²) in [4.78, 5) is 41.0. The smallest absolute Gasteiger partial charge is 0.260 e. The summed E-state index contributed by atoms with van der Waals surface area (Å²) in [6.07, 6.45) is 1.64. The Morgan fingerprint density at radius 1 is 1.08 bits per heavy atom. The molecular weight excluding hydrogens is 488 g/mol. The van der Waals surface area contributed by atoms with E-state index in [0.29, 0.717) is 56.5 Å². The van der Waals surface area contributed by atoms with Gasteiger partial charge in [-0.3, -0.25) is 14.4 Å². The van der Waals surface area contributed by atoms with Crippen LogP contribution in [0, 0.1) is 19.8 Å². The molecule has 10 nitrogen and oxygen atoms in total. The van der Waals surface area contributed by atoms with Crippen LogP contribution in [0.5, 0.6) is 11.5 Å². The molecule has 1 atom stereocenters. The fourth-order valence-electron chi connectivity index (χ4n) is 4.32. The average Bonchev–Trinajstić information content (AvgIpc) is 3.32. The van der Waals surface area contributed by atoms with Gasteiger partial charge in [-0.25, -0.2) is 5.43 Å². The van der Waals surface area contributed by atoms with Crippen molar-refractivity contribution in [1.82, 2.24) is 10.3 Å². The molecule has 4 rings (SSSR count). The molecule has 0 saturated carbocycles. The number of aryl methyl sites for hydroxylation is 2. The predicted molar refractivity (Wildman–Crippen MR) is 143 cm³/mol. The van der Waals surface area contributed by atoms with E-state index >= 15 is 0 Å². The molecule has 0 bridgehead atoms. The highest BCUT2D eigenvalue weighted by Gasteiger charge is 2.35. The first-order chi connectivity index (χ1) is 18.4. The number of anilines is 1. The van der Waals surface area contributed by atoms with Crippen LogP contribution in [-0.2, 0) is 19.1 Å². The summed E-state index contributed by atoms with van der Waals surface area (Å²) >= 11 is 0. The first-order valence-corrected chi connectivity index (χ1v) is 12.8. The van der Waals surface area contributed by atoms with Gasteiger partial charge in [0.2, 0.25) is 11.8 Å². The number of hydrogen-bond acceptors (Lipinski definition) is 7. The zero-order valence-corrected chi connectivity index (χ0v) is 22.1. The quantitative estimate of drug-likeness (QED) is 0.400. The molecule has 0 radical (unpaired) electrons. The number of amides is 3. The third-order valence-corrected chi connectivity index (χ3v) is 6.67. The molecule has 2 aliphatic rings. The van der Waals surface area contributed by atoms with E-state index in [1.165, 1.54) is 6.21 Å². The second-order valence-corrected chi connectivity index (χ2v) is 9.33. The number of nitrogens with one attached hydrogen (secondary N) is 1. The molecule has 10 heteroatoms. The van der Waals surface area contributed by atoms with Crippen molar-refractivity contribution >= 4 is 29.6 Å². The predicted octanol–water partition coefficient (Wildman–Crippen LogP) is 2.44. The number of nitrogens with zero attached hydrogens (tertiary/aromatic N) is 3. The molecule has 0 unspecified atom stereocenters. The second-order valence-electron chi connectivity index (χ2n) is 9.33. The van der Waals surface area contributed by atoms with E-state index in [2.05, 4.69) is 10.5 Å². The summed E-state index contributed by atoms with van der Waals surface area (Å²) in [5.74, 6) is -0.0620. The maximum atomic E-state index is 12.7. The van der Waals surface area contributed by atoms with Crippen LogP contribution in [0.2, 0.25) is 0 Å². The number of carbonyl (C=O) groups excluding carboxylic acids is 3. The maximum absolute atomic E-state index is 12.7. The Morgan fingerprint density at radius 3 is 2.61 bits per heavy atom. The molecule has 2 saturated heterocycles. The molecule has 2 aromatic carbocycles. The summed E-state index contributed by atoms with van der Waals surface area (Å²) in [5, 5.41) is 4.08. The normalized spacial score (nSPS) is 17.7. The van der Waals surface area contributed by atoms with Gasteiger partial charge >= 0.3 is 0 Å². The molecule has 2 fully saturated rings. The number of morpholine rings is 1. The molecule has 0 aliphatic carbocycles. The summed E-state index contributed by atoms with van der Waals surface area (Å²) in [6, 6.07) is 11.0. The Bertz CT molecular complexity index is 1210. The number of hydrazone groups is 1. The molecule has 202 valence electrons. The van der Waals surface area contributed by atoms with Crippen LogP contribution in [0.4, 0.5) is 5.69 Å². The maximum Gasteiger partial charge on any atom is 0.260 e. The molecule has 3 amide bonds. The van der Waals surface area contributed by atoms with Crippen LogP contribution in [0.3, 0.4) is 0 Å². The largest absolute Gasteiger partial charge is 0.490 e. The Labute approximate surface area is 222 Å². The number of rotatable bonds is 9. The monoisotopic (exact) mass is 522 g/mol. The minimum Gasteiger partial charge on any atom is -0.490 e. The summed E-state index contributed by atoms with van der Waals surface area (Å²) in [6.45, 7) is 8.68. The molecule has 1 N–H and O–H groups in total. The molecule has 0 aromatic heterocycles. The standard InChI is InChI=1S/C28H34N4O6/c1-4-37-25-14-21(6-8-24(25)38-18-27(34)31-9-11-36-12-10-31)16-29-30-28(35)22-15-26(33)32(17-22)23-7-5-19(2)20(3)13-23/h5-8,13-14,16,22H,4,9-12,15,17-18H2,1-3H3,(H,30,35)/b29-16-/t22-/m0/s1. The number of ether oxygens (including phenoxy) is 3. The van der Waals surface area contributed by atoms with Crippen molar-refractivity contribution < 1.29 is 28.6 Å². The number of hydrogen-bond donors (Lipinski definition) is 1. The van der Waals surface area contributed by atoms with Gasteiger partial charge < -0.3 is 24.0 Å². The Kier molecular flexibility index (Phi) is 8.96. The van der Waals surface area contributed by atoms with Crippen molar-refractivity contribution in [3.63, 3.8) is 0 Å². The molecule has 38 heavy (non-hydrogen) atoms. The van der Waals surface area contributed by atoms with E-state index in [-0.39, 0.29) is 30.7 Å². The minimum atomic E-state index is -0.486. The molecular formula is C28H34N4O6. The number of carbonyl (C=O) groups is 3. The minimum absolute atomic E-state index is 0.0820. The first kappa shape index (κ1) is 27.1. The van der Waals surface area contributed by atoms with E-state index in [1.807, 2.05) is 39.0 Å². The van der Waals surface area contributed by atoms with Crippen molar-refractivity contribution in [3.8, 4) is 11.5 Å². The summed E-state index contributed by atoms with van der Waals surface area (Å²) in [7, 11) is 0. The zero-order valence-electron chi connectivity index (χ0n) is 22.1. The van der Waals surface area contributed by atoms with Gasteiger partial charge in [0.25, 0.3) is 5.91 Å². The van der Waals surface area contributed by atoms with E-state index in [4.69, 9.17) is 14.2 Å². The van der Waals surface area contributed by atoms with Gasteiger partial charge in [0, 0.05) is 31.7 Å². The molecule has 2 heterocycles. The van der Waals surface area contributed by atoms with Crippen LogP contribution in [0.1, 0.15) is 30.0 Å². The van der Waals surface area contributed by atoms with Crippen molar-refractivity contribution in [1.29, 1.82) is 0 Å². The Balaban J connectivity index is 1.32. The Hall–Kier alpha value is -3.92. The van der Waals surface area contributed by atoms with Crippen molar-refractivity contribution in [3.05, 3.63) is 53.1 Å². The highest BCUT2D eigenvalue weighted by Crippen LogP contribution is 2.29. The van der Waals surface area contributed by atoms with Gasteiger partial charge in [0.1, 0.15) is 0 Å². The number of benzene rings is 2. The van der Waals surface area contributed by atoms with Crippen LogP contribution in [0.15, 0.2) is 41.5 Å². The second kappa shape index (κ2) is 12.6. The first-order valence-electron chi connectivity index (χ1n) is 12.8. The fourth-order valence-corrected chi connectivity index (χ4v) is 4.32. The van der Waals surface area contributed by atoms with Crippen LogP contribution in [-0.4, -0.2) is 74.9 Å². The third-order valence-electron chi connectivity index (χ3n) is 6.67. The van der Waals surface area contributed by atoms with Gasteiger partial charge in [-0.15, -0.1) is 0 Å². The SMILES string of the molecule is CCOc1cc(/C=N\NC(=O)[C@H]2CC(=O)N(c3ccc(C)c(C)c3)C2)ccc1OCC(=O)N1CCOCC1. The highest BCUT2D eigenvalue weighted by atomic mass is 16.5. The van der Waals surface area contributed by atoms with Gasteiger partial charge in [0.05, 0.1) is 32.0 Å². The van der Waals surface area contributed by atoms with Gasteiger partial charge in [-0.05, 0) is 67.8 Å². The molecule has 0 spiro atoms. The molecule has 2 aromatic rings. The summed E-state index contributed by atoms with van der Waals surface area (Å²) < 4.78 is 16.7. The van der Waals surface area contributed by atoms with Crippen LogP contribution < -0.4 is 19.8 Å². The highest BCUT2D eigenvalue weighted by molar-refractivity contribution is 6.00. The van der Waals surface area contributed by atoms with E-state index in [1.54, 1.807) is 28.0 Å².